The molecular formula is C23H19N3O2. The van der Waals surface area contributed by atoms with E-state index in [0.29, 0.717) is 11.4 Å². The molecule has 2 aromatic rings. The first-order valence-corrected chi connectivity index (χ1v) is 9.82. The molecule has 2 bridgehead atoms. The number of hydrogen-bond donors (Lipinski definition) is 0. The number of amides is 2. The molecule has 138 valence electrons. The van der Waals surface area contributed by atoms with Gasteiger partial charge in [-0.05, 0) is 66.5 Å². The number of carbonyl (C=O) groups is 2. The van der Waals surface area contributed by atoms with Crippen molar-refractivity contribution < 1.29 is 9.59 Å². The first kappa shape index (κ1) is 15.9. The van der Waals surface area contributed by atoms with Gasteiger partial charge in [0.2, 0.25) is 11.8 Å². The summed E-state index contributed by atoms with van der Waals surface area (Å²) in [6.45, 7) is 0. The molecule has 5 nitrogen and oxygen atoms in total. The Labute approximate surface area is 162 Å². The number of carbonyl (C=O) groups excluding carboxylic acids is 2. The van der Waals surface area contributed by atoms with Crippen molar-refractivity contribution in [3.8, 4) is 0 Å². The Kier molecular flexibility index (Phi) is 3.11. The van der Waals surface area contributed by atoms with Gasteiger partial charge in [0.25, 0.3) is 0 Å². The maximum atomic E-state index is 13.1. The predicted molar refractivity (Wildman–Crippen MR) is 104 cm³/mol. The van der Waals surface area contributed by atoms with Crippen LogP contribution in [0.2, 0.25) is 0 Å². The topological polar surface area (TPSA) is 62.1 Å². The zero-order valence-electron chi connectivity index (χ0n) is 15.2. The van der Waals surface area contributed by atoms with E-state index in [1.165, 1.54) is 4.90 Å². The summed E-state index contributed by atoms with van der Waals surface area (Å²) in [4.78, 5) is 27.7. The maximum absolute atomic E-state index is 13.1. The van der Waals surface area contributed by atoms with Crippen LogP contribution in [-0.4, -0.2) is 11.8 Å². The zero-order chi connectivity index (χ0) is 18.9. The third kappa shape index (κ3) is 2.02. The predicted octanol–water partition coefficient (Wildman–Crippen LogP) is 4.80. The average molecular weight is 369 g/mol. The van der Waals surface area contributed by atoms with Crippen LogP contribution in [0.15, 0.2) is 77.0 Å². The van der Waals surface area contributed by atoms with E-state index in [-0.39, 0.29) is 40.9 Å². The SMILES string of the molecule is O=C1[C@H]2[C@H](C(=O)N1c1ccc(N=Nc3ccccc3)cc1)[C@H]1C=C[C@H]2C12CC2. The number of allylic oxidation sites excluding steroid dienone is 2. The Balaban J connectivity index is 1.25. The van der Waals surface area contributed by atoms with Gasteiger partial charge in [-0.1, -0.05) is 30.4 Å². The van der Waals surface area contributed by atoms with Crippen LogP contribution >= 0.6 is 0 Å². The number of benzene rings is 2. The van der Waals surface area contributed by atoms with Gasteiger partial charge in [0.1, 0.15) is 0 Å². The van der Waals surface area contributed by atoms with Crippen molar-refractivity contribution in [2.45, 2.75) is 12.8 Å². The normalized spacial score (nSPS) is 31.4. The van der Waals surface area contributed by atoms with Gasteiger partial charge in [-0.2, -0.15) is 10.2 Å². The summed E-state index contributed by atoms with van der Waals surface area (Å²) in [7, 11) is 0. The smallest absolute Gasteiger partial charge is 0.238 e. The monoisotopic (exact) mass is 369 g/mol. The van der Waals surface area contributed by atoms with Crippen molar-refractivity contribution in [1.29, 1.82) is 0 Å². The van der Waals surface area contributed by atoms with Crippen molar-refractivity contribution in [3.05, 3.63) is 66.7 Å². The van der Waals surface area contributed by atoms with Crippen molar-refractivity contribution in [3.63, 3.8) is 0 Å². The Morgan fingerprint density at radius 2 is 1.29 bits per heavy atom. The molecule has 1 spiro atoms. The molecule has 5 heteroatoms. The van der Waals surface area contributed by atoms with E-state index in [9.17, 15) is 9.59 Å². The van der Waals surface area contributed by atoms with E-state index in [1.54, 1.807) is 24.3 Å². The van der Waals surface area contributed by atoms with Crippen molar-refractivity contribution in [2.75, 3.05) is 4.90 Å². The summed E-state index contributed by atoms with van der Waals surface area (Å²) in [6, 6.07) is 16.7. The Morgan fingerprint density at radius 1 is 0.750 bits per heavy atom. The van der Waals surface area contributed by atoms with Crippen LogP contribution in [0.25, 0.3) is 0 Å². The van der Waals surface area contributed by atoms with Gasteiger partial charge in [0.15, 0.2) is 0 Å². The average Bonchev–Trinajstić information content (AvgIpc) is 3.32. The fourth-order valence-electron chi connectivity index (χ4n) is 5.61. The second-order valence-corrected chi connectivity index (χ2v) is 8.29. The zero-order valence-corrected chi connectivity index (χ0v) is 15.2. The highest BCUT2D eigenvalue weighted by Gasteiger charge is 2.73. The molecule has 2 aromatic carbocycles. The molecule has 4 atom stereocenters. The second kappa shape index (κ2) is 5.47. The van der Waals surface area contributed by atoms with Gasteiger partial charge in [-0.25, -0.2) is 0 Å². The second-order valence-electron chi connectivity index (χ2n) is 8.29. The highest BCUT2D eigenvalue weighted by atomic mass is 16.2. The first-order chi connectivity index (χ1) is 13.7. The highest BCUT2D eigenvalue weighted by molar-refractivity contribution is 6.23. The standard InChI is InChI=1S/C23H19N3O2/c27-21-19-17-10-11-18(23(17)12-13-23)20(19)22(28)26(21)16-8-6-15(7-9-16)25-24-14-4-2-1-3-5-14/h1-11,17-20H,12-13H2/t17-,18-,19-,20-/m1/s1. The largest absolute Gasteiger partial charge is 0.274 e. The maximum Gasteiger partial charge on any atom is 0.238 e. The number of imide groups is 1. The molecule has 4 aliphatic rings. The molecule has 0 aromatic heterocycles. The van der Waals surface area contributed by atoms with Gasteiger partial charge < -0.3 is 0 Å². The minimum absolute atomic E-state index is 0.0308. The van der Waals surface area contributed by atoms with E-state index in [0.717, 1.165) is 18.5 Å². The number of anilines is 1. The molecule has 6 rings (SSSR count). The molecule has 28 heavy (non-hydrogen) atoms. The van der Waals surface area contributed by atoms with Crippen LogP contribution < -0.4 is 4.90 Å². The van der Waals surface area contributed by atoms with Gasteiger partial charge in [-0.15, -0.1) is 0 Å². The molecule has 0 radical (unpaired) electrons. The number of hydrogen-bond acceptors (Lipinski definition) is 4. The Morgan fingerprint density at radius 3 is 1.82 bits per heavy atom. The lowest BCUT2D eigenvalue weighted by Crippen LogP contribution is -2.34. The van der Waals surface area contributed by atoms with E-state index in [1.807, 2.05) is 30.3 Å². The molecule has 2 amide bonds. The van der Waals surface area contributed by atoms with E-state index < -0.39 is 0 Å². The molecule has 2 saturated carbocycles. The fourth-order valence-corrected chi connectivity index (χ4v) is 5.61. The first-order valence-electron chi connectivity index (χ1n) is 9.82. The highest BCUT2D eigenvalue weighted by Crippen LogP contribution is 2.73. The molecule has 1 saturated heterocycles. The molecule has 3 fully saturated rings. The van der Waals surface area contributed by atoms with Gasteiger partial charge in [-0.3, -0.25) is 14.5 Å². The number of fused-ring (bicyclic) bond motifs is 3. The summed E-state index contributed by atoms with van der Waals surface area (Å²) in [5.74, 6) is 0.115. The van der Waals surface area contributed by atoms with Crippen LogP contribution in [0.3, 0.4) is 0 Å². The summed E-state index contributed by atoms with van der Waals surface area (Å²) in [5.41, 5.74) is 2.33. The molecular weight excluding hydrogens is 350 g/mol. The minimum atomic E-state index is -0.164. The van der Waals surface area contributed by atoms with Crippen LogP contribution in [0.5, 0.6) is 0 Å². The van der Waals surface area contributed by atoms with Gasteiger partial charge in [0, 0.05) is 0 Å². The van der Waals surface area contributed by atoms with Gasteiger partial charge in [0.05, 0.1) is 28.9 Å². The third-order valence-electron chi connectivity index (χ3n) is 7.00. The van der Waals surface area contributed by atoms with E-state index >= 15 is 0 Å². The lowest BCUT2D eigenvalue weighted by atomic mass is 9.85. The number of azo groups is 1. The van der Waals surface area contributed by atoms with Crippen molar-refractivity contribution in [1.82, 2.24) is 0 Å². The summed E-state index contributed by atoms with van der Waals surface area (Å²) in [5, 5.41) is 8.43. The molecule has 1 heterocycles. The lowest BCUT2D eigenvalue weighted by molar-refractivity contribution is -0.123. The van der Waals surface area contributed by atoms with Crippen molar-refractivity contribution >= 4 is 28.9 Å². The molecule has 1 aliphatic heterocycles. The third-order valence-corrected chi connectivity index (χ3v) is 7.00. The number of nitrogens with zero attached hydrogens (tertiary/aromatic N) is 3. The Bertz CT molecular complexity index is 1000. The number of rotatable bonds is 3. The van der Waals surface area contributed by atoms with Crippen LogP contribution in [0.1, 0.15) is 12.8 Å². The van der Waals surface area contributed by atoms with E-state index in [2.05, 4.69) is 22.4 Å². The van der Waals surface area contributed by atoms with Crippen LogP contribution in [0, 0.1) is 29.1 Å². The summed E-state index contributed by atoms with van der Waals surface area (Å²) in [6.07, 6.45) is 6.70. The van der Waals surface area contributed by atoms with Crippen LogP contribution in [0.4, 0.5) is 17.1 Å². The van der Waals surface area contributed by atoms with E-state index in [4.69, 9.17) is 0 Å². The summed E-state index contributed by atoms with van der Waals surface area (Å²) < 4.78 is 0. The molecule has 0 N–H and O–H groups in total. The van der Waals surface area contributed by atoms with Gasteiger partial charge >= 0.3 is 0 Å². The quantitative estimate of drug-likeness (QED) is 0.443. The molecule has 0 unspecified atom stereocenters. The van der Waals surface area contributed by atoms with Crippen LogP contribution in [-0.2, 0) is 9.59 Å². The fraction of sp³-hybridized carbons (Fsp3) is 0.304. The summed E-state index contributed by atoms with van der Waals surface area (Å²) >= 11 is 0. The minimum Gasteiger partial charge on any atom is -0.274 e. The lowest BCUT2D eigenvalue weighted by Gasteiger charge is -2.21. The van der Waals surface area contributed by atoms with Crippen molar-refractivity contribution in [2.24, 2.45) is 39.3 Å². The molecule has 3 aliphatic carbocycles. The Hall–Kier alpha value is -3.08.